The number of hydrogen-bond donors (Lipinski definition) is 8. The van der Waals surface area contributed by atoms with Crippen LogP contribution in [0.4, 0.5) is 5.82 Å². The molecule has 0 saturated heterocycles. The summed E-state index contributed by atoms with van der Waals surface area (Å²) in [6.45, 7) is 4.92. The zero-order valence-corrected chi connectivity index (χ0v) is 49.7. The first-order valence-corrected chi connectivity index (χ1v) is 30.5. The van der Waals surface area contributed by atoms with Gasteiger partial charge in [-0.3, -0.25) is 28.8 Å². The number of aromatic carboxylic acids is 1. The van der Waals surface area contributed by atoms with Crippen molar-refractivity contribution in [1.82, 2.24) is 66.5 Å². The van der Waals surface area contributed by atoms with Crippen LogP contribution in [-0.2, 0) is 20.9 Å². The smallest absolute Gasteiger partial charge is 0.354 e. The van der Waals surface area contributed by atoms with E-state index in [-0.39, 0.29) is 58.1 Å². The van der Waals surface area contributed by atoms with Crippen molar-refractivity contribution in [1.29, 1.82) is 0 Å². The Balaban J connectivity index is 1.04. The maximum Gasteiger partial charge on any atom is 0.354 e. The van der Waals surface area contributed by atoms with E-state index in [0.717, 1.165) is 40.2 Å². The molecule has 0 radical (unpaired) electrons. The number of methoxy groups -OCH3 is 1. The van der Waals surface area contributed by atoms with E-state index in [1.807, 2.05) is 13.8 Å². The van der Waals surface area contributed by atoms with Crippen molar-refractivity contribution < 1.29 is 48.5 Å². The number of carbonyl (C=O) groups excluding carboxylic acids is 6. The topological polar surface area (TPSA) is 344 Å². The highest BCUT2D eigenvalue weighted by molar-refractivity contribution is 7.15. The fourth-order valence-electron chi connectivity index (χ4n) is 8.48. The highest BCUT2D eigenvalue weighted by Crippen LogP contribution is 2.40. The van der Waals surface area contributed by atoms with Gasteiger partial charge in [-0.2, -0.15) is 0 Å². The van der Waals surface area contributed by atoms with Gasteiger partial charge >= 0.3 is 5.97 Å². The lowest BCUT2D eigenvalue weighted by molar-refractivity contribution is -0.122. The molecule has 1 aliphatic heterocycles. The van der Waals surface area contributed by atoms with Gasteiger partial charge in [0, 0.05) is 52.3 Å². The minimum Gasteiger partial charge on any atom is -0.477 e. The summed E-state index contributed by atoms with van der Waals surface area (Å²) in [4.78, 5) is 132. The number of carboxylic acids is 1. The first-order chi connectivity index (χ1) is 40.4. The lowest BCUT2D eigenvalue weighted by Gasteiger charge is -2.23. The fraction of sp³-hybridized carbons (Fsp3) is 0.241. The van der Waals surface area contributed by atoms with Gasteiger partial charge in [-0.25, -0.2) is 44.7 Å². The summed E-state index contributed by atoms with van der Waals surface area (Å²) < 4.78 is 5.44. The van der Waals surface area contributed by atoms with Gasteiger partial charge in [-0.05, 0) is 42.7 Å². The van der Waals surface area contributed by atoms with E-state index in [0.29, 0.717) is 68.7 Å². The van der Waals surface area contributed by atoms with Crippen LogP contribution in [-0.4, -0.2) is 112 Å². The number of hydrogen-bond acceptors (Lipinski definition) is 23. The van der Waals surface area contributed by atoms with E-state index in [1.54, 1.807) is 70.9 Å². The number of pyridine rings is 2. The highest BCUT2D eigenvalue weighted by atomic mass is 32.1. The number of benzene rings is 1. The molecule has 8 aromatic heterocycles. The number of aliphatic hydroxyl groups is 1. The largest absolute Gasteiger partial charge is 0.477 e. The van der Waals surface area contributed by atoms with E-state index in [2.05, 4.69) is 51.8 Å². The number of carboxylic acid groups (broad SMARTS) is 1. The number of aromatic nitrogens is 8. The molecule has 0 fully saturated rings. The van der Waals surface area contributed by atoms with Gasteiger partial charge in [-0.15, -0.1) is 68.0 Å². The Hall–Kier alpha value is -8.49. The number of nitrogens with one attached hydrogen (secondary N) is 6. The van der Waals surface area contributed by atoms with Crippen LogP contribution < -0.4 is 31.9 Å². The summed E-state index contributed by atoms with van der Waals surface area (Å²) >= 11 is 7.06. The molecule has 0 aliphatic carbocycles. The molecule has 430 valence electrons. The number of fused-ring (bicyclic) bond motifs is 14. The van der Waals surface area contributed by atoms with Gasteiger partial charge in [0.1, 0.15) is 87.9 Å². The quantitative estimate of drug-likeness (QED) is 0.0616. The molecule has 4 atom stereocenters. The molecule has 1 aliphatic rings. The summed E-state index contributed by atoms with van der Waals surface area (Å²) in [5.41, 5.74) is 2.40. The molecule has 10 rings (SSSR count). The van der Waals surface area contributed by atoms with Gasteiger partial charge in [-0.1, -0.05) is 44.2 Å². The third-order valence-corrected chi connectivity index (χ3v) is 18.5. The average Bonchev–Trinajstić information content (AvgIpc) is 3.76. The lowest BCUT2D eigenvalue weighted by atomic mass is 10.0. The van der Waals surface area contributed by atoms with Crippen LogP contribution in [0.1, 0.15) is 127 Å². The summed E-state index contributed by atoms with van der Waals surface area (Å²) in [6, 6.07) is 11.9. The van der Waals surface area contributed by atoms with Crippen molar-refractivity contribution in [2.24, 2.45) is 5.92 Å². The molecule has 9 aromatic rings. The first kappa shape index (κ1) is 58.7. The molecule has 84 heavy (non-hydrogen) atoms. The molecule has 0 spiro atoms. The van der Waals surface area contributed by atoms with Crippen molar-refractivity contribution in [3.63, 3.8) is 0 Å². The molecule has 24 nitrogen and oxygen atoms in total. The number of amides is 6. The summed E-state index contributed by atoms with van der Waals surface area (Å²) in [6.07, 6.45) is -0.370. The van der Waals surface area contributed by atoms with Gasteiger partial charge in [0.2, 0.25) is 11.8 Å². The van der Waals surface area contributed by atoms with Gasteiger partial charge in [0.05, 0.1) is 47.8 Å². The van der Waals surface area contributed by atoms with Crippen molar-refractivity contribution in [3.8, 4) is 43.4 Å². The number of nitrogens with zero attached hydrogens (tertiary/aromatic N) is 8. The second-order valence-corrected chi connectivity index (χ2v) is 24.7. The van der Waals surface area contributed by atoms with E-state index in [9.17, 15) is 43.8 Å². The Bertz CT molecular complexity index is 3970. The van der Waals surface area contributed by atoms with Crippen LogP contribution in [0.25, 0.3) is 43.4 Å². The SMILES string of the molecule is CNC(=O)C[C@@H]1NC(=O)c2csc(n2)-c2ccc(-c3nc(NC(=O)c4ccc(C(=O)O)nc4)cs3)nc2-c2csc(n2)-c2csc(n2)[C@H]([C@@H](O)c2ccccc2)NC(=O)CNC(=O)c2nc(sc2COC)[C@H](C(C)C)NC(=O)c2nc1sc2C. The van der Waals surface area contributed by atoms with Crippen molar-refractivity contribution in [2.75, 3.05) is 26.0 Å². The van der Waals surface area contributed by atoms with Crippen LogP contribution in [0.5, 0.6) is 0 Å². The summed E-state index contributed by atoms with van der Waals surface area (Å²) in [5, 5.41) is 46.8. The Labute approximate surface area is 501 Å². The molecule has 9 heterocycles. The molecule has 30 heteroatoms. The van der Waals surface area contributed by atoms with Crippen LogP contribution in [0.15, 0.2) is 82.3 Å². The third-order valence-electron chi connectivity index (χ3n) is 12.7. The Morgan fingerprint density at radius 2 is 1.43 bits per heavy atom. The van der Waals surface area contributed by atoms with Crippen LogP contribution >= 0.6 is 68.0 Å². The van der Waals surface area contributed by atoms with Gasteiger partial charge < -0.3 is 46.9 Å². The predicted octanol–water partition coefficient (Wildman–Crippen LogP) is 7.66. The Kier molecular flexibility index (Phi) is 17.9. The van der Waals surface area contributed by atoms with Crippen LogP contribution in [0.2, 0.25) is 0 Å². The fourth-order valence-corrected chi connectivity index (χ4v) is 14.0. The van der Waals surface area contributed by atoms with E-state index in [4.69, 9.17) is 24.7 Å². The Morgan fingerprint density at radius 3 is 2.17 bits per heavy atom. The van der Waals surface area contributed by atoms with Gasteiger partial charge in [0.15, 0.2) is 0 Å². The molecule has 0 saturated carbocycles. The van der Waals surface area contributed by atoms with E-state index < -0.39 is 72.2 Å². The minimum atomic E-state index is -1.29. The molecule has 1 aromatic carbocycles. The van der Waals surface area contributed by atoms with E-state index >= 15 is 0 Å². The number of ether oxygens (including phenoxy) is 1. The van der Waals surface area contributed by atoms with Crippen LogP contribution in [0.3, 0.4) is 0 Å². The summed E-state index contributed by atoms with van der Waals surface area (Å²) in [7, 11) is 2.93. The normalized spacial score (nSPS) is 16.2. The average molecular weight is 1250 g/mol. The molecular formula is C54H48N14O10S6. The maximum atomic E-state index is 14.3. The zero-order valence-electron chi connectivity index (χ0n) is 44.8. The van der Waals surface area contributed by atoms with Crippen molar-refractivity contribution in [3.05, 3.63) is 141 Å². The molecule has 6 amide bonds. The second kappa shape index (κ2) is 25.6. The standard InChI is InChI=1S/C54H48N14O10S6/c1-23(2)38-53-68-41(34(84-53)18-78-5)46(74)57-17-37(70)65-42(43(71)25-9-7-6-8-10-25)52-62-33(21-81-52)50-60-31(19-80-50)40-27(12-14-28(58-40)49-64-35(22-82-49)63-44(72)26-11-13-29(54(76)77)56-16-26)48-61-32(20-79-48)45(73)59-30(15-36(69)55-4)51-67-39(24(3)83-51)47(75)66-38/h6-14,16,19-23,30,38,42-43,71H,15,17-18H2,1-5H3,(H,55,69)(H,57,74)(H,59,73)(H,63,72)(H,65,70)(H,66,75)(H,76,77)/t30-,38-,42-,43-/m0/s1. The van der Waals surface area contributed by atoms with Crippen LogP contribution in [0, 0.1) is 12.8 Å². The zero-order chi connectivity index (χ0) is 59.3. The minimum absolute atomic E-state index is 0.00495. The number of thiazole rings is 6. The first-order valence-electron chi connectivity index (χ1n) is 25.4. The number of rotatable bonds is 11. The second-order valence-electron chi connectivity index (χ2n) is 18.9. The predicted molar refractivity (Wildman–Crippen MR) is 316 cm³/mol. The third kappa shape index (κ3) is 13.0. The maximum absolute atomic E-state index is 14.3. The number of aliphatic hydroxyl groups excluding tert-OH is 1. The van der Waals surface area contributed by atoms with E-state index in [1.165, 1.54) is 60.3 Å². The number of anilines is 1. The summed E-state index contributed by atoms with van der Waals surface area (Å²) in [5.74, 6) is -4.81. The lowest BCUT2D eigenvalue weighted by Crippen LogP contribution is -2.40. The highest BCUT2D eigenvalue weighted by Gasteiger charge is 2.33. The molecule has 8 N–H and O–H groups in total. The number of aryl methyl sites for hydroxylation is 1. The monoisotopic (exact) mass is 1240 g/mol. The molecular weight excluding hydrogens is 1200 g/mol. The van der Waals surface area contributed by atoms with Gasteiger partial charge in [0.25, 0.3) is 23.6 Å². The van der Waals surface area contributed by atoms with Crippen molar-refractivity contribution >= 4 is 115 Å². The Morgan fingerprint density at radius 1 is 0.702 bits per heavy atom. The molecule has 0 unspecified atom stereocenters. The van der Waals surface area contributed by atoms with Crippen molar-refractivity contribution in [2.45, 2.75) is 58.0 Å². The number of carbonyl (C=O) groups is 7. The molecule has 10 bridgehead atoms.